The maximum Gasteiger partial charge on any atom is 1.00 e. The summed E-state index contributed by atoms with van der Waals surface area (Å²) in [5.74, 6) is -1.57. The fourth-order valence-corrected chi connectivity index (χ4v) is 8.19. The van der Waals surface area contributed by atoms with Crippen LogP contribution in [0.1, 0.15) is 29.8 Å². The van der Waals surface area contributed by atoms with Crippen LogP contribution < -0.4 is 116 Å². The zero-order valence-electron chi connectivity index (χ0n) is 36.7. The minimum atomic E-state index is -5.51. The van der Waals surface area contributed by atoms with Gasteiger partial charge in [-0.1, -0.05) is 32.0 Å². The molecule has 0 atom stereocenters. The number of carbonyl (C=O) groups is 2. The standard InChI is InChI=1S/C40H40N10O11S3.3Na/c1-3-50(4-2)19-18-42-28-14-16-30(32(51)22-28)47-44-27-12-10-25(11-13-27)43-31-17-15-29(23-33(31)62(53,54)55)46-48-38-34(63(56,57)58)20-24-21-35(64(59,60)61)39(40(52)36(24)37(38)41)49-45-26-8-6-5-7-9-26;;;/h5-17,20-23,42-45H,3-4,18-19,41H2,1-2H3,(H,53,54,55)(H,56,57,58)(H,59,60,61);;;/q;3*+1/p-3. The second-order valence-electron chi connectivity index (χ2n) is 13.7. The first-order valence-corrected chi connectivity index (χ1v) is 23.2. The Balaban J connectivity index is 0.00000397. The number of carbonyl (C=O) groups excluding carboxylic acids is 2. The topological polar surface area (TPSA) is 333 Å². The van der Waals surface area contributed by atoms with Gasteiger partial charge in [0.05, 0.1) is 48.7 Å². The van der Waals surface area contributed by atoms with E-state index in [4.69, 9.17) is 5.73 Å². The van der Waals surface area contributed by atoms with Crippen LogP contribution in [0.25, 0.3) is 6.08 Å². The van der Waals surface area contributed by atoms with E-state index in [1.165, 1.54) is 36.4 Å². The first-order chi connectivity index (χ1) is 30.3. The van der Waals surface area contributed by atoms with Gasteiger partial charge >= 0.3 is 88.7 Å². The van der Waals surface area contributed by atoms with E-state index in [0.717, 1.165) is 31.8 Å². The molecule has 21 nitrogen and oxygen atoms in total. The first kappa shape index (κ1) is 57.4. The third-order valence-corrected chi connectivity index (χ3v) is 12.1. The quantitative estimate of drug-likeness (QED) is 0.0166. The minimum absolute atomic E-state index is 0. The molecule has 0 heterocycles. The number of nitrogens with two attached hydrogens (primary N) is 1. The summed E-state index contributed by atoms with van der Waals surface area (Å²) in [7, 11) is -16.2. The van der Waals surface area contributed by atoms with Crippen LogP contribution in [0, 0.1) is 0 Å². The average molecular weight is 999 g/mol. The summed E-state index contributed by atoms with van der Waals surface area (Å²) in [6, 6.07) is 17.8. The molecule has 6 N–H and O–H groups in total. The summed E-state index contributed by atoms with van der Waals surface area (Å²) in [6.45, 7) is 7.48. The van der Waals surface area contributed by atoms with Crippen LogP contribution in [0.3, 0.4) is 0 Å². The predicted molar refractivity (Wildman–Crippen MR) is 236 cm³/mol. The van der Waals surface area contributed by atoms with Crippen molar-refractivity contribution in [2.24, 2.45) is 20.4 Å². The van der Waals surface area contributed by atoms with E-state index in [9.17, 15) is 48.5 Å². The molecule has 0 radical (unpaired) electrons. The van der Waals surface area contributed by atoms with E-state index in [1.807, 2.05) is 0 Å². The van der Waals surface area contributed by atoms with Crippen molar-refractivity contribution in [2.45, 2.75) is 23.6 Å². The van der Waals surface area contributed by atoms with Crippen molar-refractivity contribution in [1.29, 1.82) is 0 Å². The summed E-state index contributed by atoms with van der Waals surface area (Å²) in [5, 5.41) is 21.5. The molecule has 0 aliphatic heterocycles. The molecule has 0 saturated heterocycles. The number of ketones is 2. The summed E-state index contributed by atoms with van der Waals surface area (Å²) in [4.78, 5) is 25.5. The predicted octanol–water partition coefficient (Wildman–Crippen LogP) is -4.48. The second kappa shape index (κ2) is 24.6. The Morgan fingerprint density at radius 2 is 1.30 bits per heavy atom. The van der Waals surface area contributed by atoms with E-state index < -0.39 is 79.0 Å². The number of hydrazone groups is 2. The number of hydrogen-bond acceptors (Lipinski definition) is 21. The fraction of sp³-hybridized carbons (Fsp3) is 0.150. The molecule has 0 aromatic heterocycles. The number of para-hydroxylation sites is 1. The van der Waals surface area contributed by atoms with Gasteiger partial charge in [0.2, 0.25) is 11.6 Å². The number of allylic oxidation sites excluding steroid dienone is 4. The molecule has 6 rings (SSSR count). The van der Waals surface area contributed by atoms with E-state index in [0.29, 0.717) is 35.8 Å². The molecule has 4 aromatic rings. The molecule has 2 aliphatic carbocycles. The van der Waals surface area contributed by atoms with Crippen LogP contribution in [0.5, 0.6) is 0 Å². The Morgan fingerprint density at radius 3 is 1.90 bits per heavy atom. The molecule has 27 heteroatoms. The largest absolute Gasteiger partial charge is 1.00 e. The first-order valence-electron chi connectivity index (χ1n) is 18.9. The molecule has 4 aromatic carbocycles. The van der Waals surface area contributed by atoms with Gasteiger partial charge in [-0.3, -0.25) is 20.4 Å². The SMILES string of the molecule is CCN(CC)CCNC1=CC(=O)C(=NNc2ccc(Nc3ccc(N=Nc4c(S(=O)(=O)[O-])cc5c(c4N)C(=O)C(=NNc4ccccc4)C(S(=O)(=O)[O-])=C5)cc3S(=O)(=O)[O-])cc2)C=C1.[Na+].[Na+].[Na+]. The number of hydrogen-bond donors (Lipinski definition) is 5. The van der Waals surface area contributed by atoms with Crippen molar-refractivity contribution in [3.8, 4) is 0 Å². The van der Waals surface area contributed by atoms with E-state index >= 15 is 0 Å². The van der Waals surface area contributed by atoms with Crippen molar-refractivity contribution in [1.82, 2.24) is 10.2 Å². The van der Waals surface area contributed by atoms with Gasteiger partial charge in [0.25, 0.3) is 0 Å². The van der Waals surface area contributed by atoms with Crippen molar-refractivity contribution in [2.75, 3.05) is 48.1 Å². The maximum absolute atomic E-state index is 13.7. The molecule has 0 unspecified atom stereocenters. The number of Topliss-reactive ketones (excluding diaryl/α,β-unsaturated/α-hetero) is 1. The summed E-state index contributed by atoms with van der Waals surface area (Å²) < 4.78 is 111. The normalized spacial score (nSPS) is 15.0. The van der Waals surface area contributed by atoms with E-state index in [-0.39, 0.29) is 117 Å². The van der Waals surface area contributed by atoms with Crippen LogP contribution in [0.4, 0.5) is 39.8 Å². The zero-order valence-corrected chi connectivity index (χ0v) is 45.1. The van der Waals surface area contributed by atoms with Crippen LogP contribution in [-0.4, -0.2) is 93.0 Å². The molecule has 0 bridgehead atoms. The van der Waals surface area contributed by atoms with Gasteiger partial charge in [-0.25, -0.2) is 25.3 Å². The Labute approximate surface area is 452 Å². The number of nitrogen functional groups attached to an aromatic ring is 1. The second-order valence-corrected chi connectivity index (χ2v) is 17.7. The maximum atomic E-state index is 13.7. The number of fused-ring (bicyclic) bond motifs is 1. The van der Waals surface area contributed by atoms with Gasteiger partial charge in [-0.05, 0) is 97.5 Å². The number of benzene rings is 4. The molecule has 2 aliphatic rings. The zero-order chi connectivity index (χ0) is 46.4. The molecule has 67 heavy (non-hydrogen) atoms. The van der Waals surface area contributed by atoms with Crippen molar-refractivity contribution in [3.63, 3.8) is 0 Å². The third-order valence-electron chi connectivity index (χ3n) is 9.49. The molecule has 0 spiro atoms. The molecular formula is C40H37N10Na3O11S3. The van der Waals surface area contributed by atoms with Gasteiger partial charge in [0, 0.05) is 30.5 Å². The Hall–Kier alpha value is -3.93. The van der Waals surface area contributed by atoms with E-state index in [1.54, 1.807) is 42.5 Å². The van der Waals surface area contributed by atoms with Gasteiger partial charge in [-0.2, -0.15) is 15.3 Å². The summed E-state index contributed by atoms with van der Waals surface area (Å²) >= 11 is 0. The molecule has 0 amide bonds. The Morgan fingerprint density at radius 1 is 0.687 bits per heavy atom. The number of nitrogens with zero attached hydrogens (tertiary/aromatic N) is 5. The third kappa shape index (κ3) is 14.8. The number of azo groups is 1. The molecule has 0 fully saturated rings. The summed E-state index contributed by atoms with van der Waals surface area (Å²) in [6.07, 6.45) is 5.39. The molecule has 334 valence electrons. The van der Waals surface area contributed by atoms with Crippen molar-refractivity contribution >= 4 is 99.2 Å². The van der Waals surface area contributed by atoms with Gasteiger partial charge in [0.1, 0.15) is 47.5 Å². The van der Waals surface area contributed by atoms with Crippen molar-refractivity contribution < 1.29 is 137 Å². The number of nitrogens with one attached hydrogen (secondary N) is 4. The van der Waals surface area contributed by atoms with Gasteiger partial charge in [-0.15, -0.1) is 5.11 Å². The summed E-state index contributed by atoms with van der Waals surface area (Å²) in [5.41, 5.74) is 9.06. The van der Waals surface area contributed by atoms with Crippen LogP contribution >= 0.6 is 0 Å². The van der Waals surface area contributed by atoms with Gasteiger partial charge < -0.3 is 34.9 Å². The van der Waals surface area contributed by atoms with Crippen molar-refractivity contribution in [3.05, 3.63) is 119 Å². The number of likely N-dealkylation sites (N-methyl/N-ethyl adjacent to an activating group) is 1. The monoisotopic (exact) mass is 998 g/mol. The number of rotatable bonds is 17. The average Bonchev–Trinajstić information content (AvgIpc) is 3.24. The molecular weight excluding hydrogens is 962 g/mol. The van der Waals surface area contributed by atoms with Crippen LogP contribution in [0.15, 0.2) is 138 Å². The molecule has 0 saturated carbocycles. The minimum Gasteiger partial charge on any atom is -0.744 e. The Bertz CT molecular complexity index is 3060. The fourth-order valence-electron chi connectivity index (χ4n) is 6.23. The smallest absolute Gasteiger partial charge is 0.744 e. The van der Waals surface area contributed by atoms with Crippen LogP contribution in [-0.2, 0) is 35.1 Å². The Kier molecular flexibility index (Phi) is 21.0. The van der Waals surface area contributed by atoms with Gasteiger partial charge in [0.15, 0.2) is 0 Å². The number of anilines is 5. The van der Waals surface area contributed by atoms with E-state index in [2.05, 4.69) is 60.7 Å². The van der Waals surface area contributed by atoms with Crippen LogP contribution in [0.2, 0.25) is 0 Å².